The number of ether oxygens (including phenoxy) is 1. The van der Waals surface area contributed by atoms with E-state index in [0.29, 0.717) is 10.6 Å². The molecular formula is C10H11ClO2. The highest BCUT2D eigenvalue weighted by Gasteiger charge is 2.16. The minimum Gasteiger partial charge on any atom is -0.374 e. The molecule has 0 radical (unpaired) electrons. The Balaban J connectivity index is 2.95. The van der Waals surface area contributed by atoms with Gasteiger partial charge in [-0.1, -0.05) is 23.7 Å². The summed E-state index contributed by atoms with van der Waals surface area (Å²) < 4.78 is 4.91. The van der Waals surface area contributed by atoms with Gasteiger partial charge in [-0.2, -0.15) is 0 Å². The number of ketones is 1. The van der Waals surface area contributed by atoms with E-state index in [2.05, 4.69) is 0 Å². The normalized spacial score (nSPS) is 12.5. The van der Waals surface area contributed by atoms with E-state index >= 15 is 0 Å². The molecule has 0 aromatic heterocycles. The highest BCUT2D eigenvalue weighted by atomic mass is 35.5. The fourth-order valence-electron chi connectivity index (χ4n) is 0.987. The number of carbonyl (C=O) groups is 1. The van der Waals surface area contributed by atoms with E-state index in [-0.39, 0.29) is 5.78 Å². The Kier molecular flexibility index (Phi) is 3.46. The van der Waals surface area contributed by atoms with Crippen molar-refractivity contribution in [2.75, 3.05) is 7.11 Å². The van der Waals surface area contributed by atoms with Gasteiger partial charge in [-0.25, -0.2) is 0 Å². The van der Waals surface area contributed by atoms with Gasteiger partial charge in [0, 0.05) is 12.7 Å². The van der Waals surface area contributed by atoms with Crippen LogP contribution in [-0.4, -0.2) is 19.0 Å². The maximum Gasteiger partial charge on any atom is 0.192 e. The molecule has 0 heterocycles. The second kappa shape index (κ2) is 4.40. The molecule has 0 fully saturated rings. The molecule has 0 amide bonds. The summed E-state index contributed by atoms with van der Waals surface area (Å²) in [6.45, 7) is 1.70. The summed E-state index contributed by atoms with van der Waals surface area (Å²) in [7, 11) is 1.50. The Bertz CT molecular complexity index is 310. The van der Waals surface area contributed by atoms with Crippen molar-refractivity contribution in [1.29, 1.82) is 0 Å². The van der Waals surface area contributed by atoms with Gasteiger partial charge >= 0.3 is 0 Å². The number of methoxy groups -OCH3 is 1. The van der Waals surface area contributed by atoms with Crippen LogP contribution in [0.3, 0.4) is 0 Å². The monoisotopic (exact) mass is 198 g/mol. The third-order valence-corrected chi connectivity index (χ3v) is 2.19. The van der Waals surface area contributed by atoms with E-state index in [4.69, 9.17) is 16.3 Å². The van der Waals surface area contributed by atoms with Crippen LogP contribution in [0.1, 0.15) is 17.3 Å². The summed E-state index contributed by atoms with van der Waals surface area (Å²) in [5, 5.41) is 0.469. The summed E-state index contributed by atoms with van der Waals surface area (Å²) in [4.78, 5) is 11.6. The minimum absolute atomic E-state index is 0.0897. The SMILES string of the molecule is COC(C)C(=O)c1ccccc1Cl. The van der Waals surface area contributed by atoms with Gasteiger partial charge in [0.05, 0.1) is 5.02 Å². The summed E-state index contributed by atoms with van der Waals surface area (Å²) in [6.07, 6.45) is -0.445. The maximum atomic E-state index is 11.6. The summed E-state index contributed by atoms with van der Waals surface area (Å²) in [5.74, 6) is -0.0897. The van der Waals surface area contributed by atoms with Crippen molar-refractivity contribution >= 4 is 17.4 Å². The van der Waals surface area contributed by atoms with E-state index in [9.17, 15) is 4.79 Å². The smallest absolute Gasteiger partial charge is 0.192 e. The first-order chi connectivity index (χ1) is 6.16. The van der Waals surface area contributed by atoms with Crippen molar-refractivity contribution in [1.82, 2.24) is 0 Å². The molecule has 0 aliphatic carbocycles. The van der Waals surface area contributed by atoms with E-state index in [0.717, 1.165) is 0 Å². The number of halogens is 1. The zero-order chi connectivity index (χ0) is 9.84. The van der Waals surface area contributed by atoms with Crippen molar-refractivity contribution in [2.24, 2.45) is 0 Å². The molecule has 3 heteroatoms. The molecule has 70 valence electrons. The third kappa shape index (κ3) is 2.29. The molecule has 2 nitrogen and oxygen atoms in total. The number of benzene rings is 1. The lowest BCUT2D eigenvalue weighted by Crippen LogP contribution is -2.19. The lowest BCUT2D eigenvalue weighted by molar-refractivity contribution is 0.0656. The highest BCUT2D eigenvalue weighted by Crippen LogP contribution is 2.17. The van der Waals surface area contributed by atoms with Crippen molar-refractivity contribution in [3.05, 3.63) is 34.9 Å². The molecule has 13 heavy (non-hydrogen) atoms. The van der Waals surface area contributed by atoms with Gasteiger partial charge in [0.1, 0.15) is 6.10 Å². The number of rotatable bonds is 3. The molecule has 1 atom stereocenters. The summed E-state index contributed by atoms with van der Waals surface area (Å²) >= 11 is 5.84. The van der Waals surface area contributed by atoms with E-state index in [1.54, 1.807) is 31.2 Å². The number of carbonyl (C=O) groups excluding carboxylic acids is 1. The number of hydrogen-bond acceptors (Lipinski definition) is 2. The summed E-state index contributed by atoms with van der Waals surface area (Å²) in [5.41, 5.74) is 0.513. The van der Waals surface area contributed by atoms with Gasteiger partial charge < -0.3 is 4.74 Å². The molecule has 0 aliphatic rings. The molecule has 1 aromatic carbocycles. The molecule has 0 aliphatic heterocycles. The van der Waals surface area contributed by atoms with Crippen LogP contribution < -0.4 is 0 Å². The highest BCUT2D eigenvalue weighted by molar-refractivity contribution is 6.34. The number of hydrogen-bond donors (Lipinski definition) is 0. The molecule has 1 aromatic rings. The molecule has 0 N–H and O–H groups in total. The van der Waals surface area contributed by atoms with E-state index in [1.807, 2.05) is 0 Å². The van der Waals surface area contributed by atoms with Gasteiger partial charge in [0.15, 0.2) is 5.78 Å². The average molecular weight is 199 g/mol. The lowest BCUT2D eigenvalue weighted by atomic mass is 10.1. The predicted molar refractivity (Wildman–Crippen MR) is 52.3 cm³/mol. The van der Waals surface area contributed by atoms with Gasteiger partial charge in [-0.3, -0.25) is 4.79 Å². The summed E-state index contributed by atoms with van der Waals surface area (Å²) in [6, 6.07) is 6.95. The van der Waals surface area contributed by atoms with Gasteiger partial charge in [-0.15, -0.1) is 0 Å². The van der Waals surface area contributed by atoms with Crippen molar-refractivity contribution < 1.29 is 9.53 Å². The Labute approximate surface area is 82.5 Å². The first-order valence-corrected chi connectivity index (χ1v) is 4.36. The first kappa shape index (κ1) is 10.2. The Hall–Kier alpha value is -0.860. The minimum atomic E-state index is -0.445. The van der Waals surface area contributed by atoms with Gasteiger partial charge in [0.2, 0.25) is 0 Å². The van der Waals surface area contributed by atoms with Crippen molar-refractivity contribution in [3.8, 4) is 0 Å². The Morgan fingerprint density at radius 3 is 2.62 bits per heavy atom. The van der Waals surface area contributed by atoms with Crippen LogP contribution in [0, 0.1) is 0 Å². The molecule has 1 rings (SSSR count). The van der Waals surface area contributed by atoms with Gasteiger partial charge in [-0.05, 0) is 19.1 Å². The molecule has 0 spiro atoms. The fourth-order valence-corrected chi connectivity index (χ4v) is 1.22. The van der Waals surface area contributed by atoms with Crippen molar-refractivity contribution in [3.63, 3.8) is 0 Å². The second-order valence-corrected chi connectivity index (χ2v) is 3.13. The molecule has 0 bridgehead atoms. The topological polar surface area (TPSA) is 26.3 Å². The second-order valence-electron chi connectivity index (χ2n) is 2.72. The molecular weight excluding hydrogens is 188 g/mol. The maximum absolute atomic E-state index is 11.6. The quantitative estimate of drug-likeness (QED) is 0.698. The zero-order valence-corrected chi connectivity index (χ0v) is 8.34. The largest absolute Gasteiger partial charge is 0.374 e. The predicted octanol–water partition coefficient (Wildman–Crippen LogP) is 2.56. The van der Waals surface area contributed by atoms with Crippen LogP contribution >= 0.6 is 11.6 Å². The number of Topliss-reactive ketones (excluding diaryl/α,β-unsaturated/α-hetero) is 1. The Morgan fingerprint density at radius 1 is 1.46 bits per heavy atom. The molecule has 0 saturated carbocycles. The van der Waals surface area contributed by atoms with Gasteiger partial charge in [0.25, 0.3) is 0 Å². The van der Waals surface area contributed by atoms with Crippen LogP contribution in [0.15, 0.2) is 24.3 Å². The first-order valence-electron chi connectivity index (χ1n) is 3.98. The lowest BCUT2D eigenvalue weighted by Gasteiger charge is -2.08. The molecule has 0 saturated heterocycles. The van der Waals surface area contributed by atoms with Crippen LogP contribution in [0.2, 0.25) is 5.02 Å². The van der Waals surface area contributed by atoms with Crippen molar-refractivity contribution in [2.45, 2.75) is 13.0 Å². The van der Waals surface area contributed by atoms with Crippen LogP contribution in [0.25, 0.3) is 0 Å². The van der Waals surface area contributed by atoms with Crippen LogP contribution in [-0.2, 0) is 4.74 Å². The van der Waals surface area contributed by atoms with Crippen LogP contribution in [0.5, 0.6) is 0 Å². The molecule has 1 unspecified atom stereocenters. The van der Waals surface area contributed by atoms with Crippen LogP contribution in [0.4, 0.5) is 0 Å². The third-order valence-electron chi connectivity index (χ3n) is 1.86. The Morgan fingerprint density at radius 2 is 2.08 bits per heavy atom. The van der Waals surface area contributed by atoms with E-state index in [1.165, 1.54) is 7.11 Å². The standard InChI is InChI=1S/C10H11ClO2/c1-7(13-2)10(12)8-5-3-4-6-9(8)11/h3-7H,1-2H3. The zero-order valence-electron chi connectivity index (χ0n) is 7.58. The van der Waals surface area contributed by atoms with E-state index < -0.39 is 6.10 Å². The average Bonchev–Trinajstić information content (AvgIpc) is 2.16. The fraction of sp³-hybridized carbons (Fsp3) is 0.300.